The van der Waals surface area contributed by atoms with Crippen LogP contribution in [0.3, 0.4) is 0 Å². The standard InChI is InChI=1S/C26H34N2O5/c1-6-7-15-32-23-17-22(27-18(2)29)21(16-20(23)25(31)33-26(3,4)5)28-24(30)14-13-19-11-9-8-10-12-19/h8-12,16-17H,6-7,13-15H2,1-5H3,(H,27,29)(H,28,30). The quantitative estimate of drug-likeness (QED) is 0.373. The summed E-state index contributed by atoms with van der Waals surface area (Å²) in [6, 6.07) is 12.7. The van der Waals surface area contributed by atoms with Crippen molar-refractivity contribution in [2.45, 2.75) is 65.9 Å². The summed E-state index contributed by atoms with van der Waals surface area (Å²) in [4.78, 5) is 37.3. The molecule has 2 N–H and O–H groups in total. The van der Waals surface area contributed by atoms with E-state index in [9.17, 15) is 14.4 Å². The molecule has 0 aliphatic heterocycles. The molecule has 2 aromatic carbocycles. The minimum absolute atomic E-state index is 0.188. The van der Waals surface area contributed by atoms with E-state index in [0.29, 0.717) is 30.2 Å². The Morgan fingerprint density at radius 2 is 1.64 bits per heavy atom. The Morgan fingerprint density at radius 3 is 2.24 bits per heavy atom. The maximum absolute atomic E-state index is 12.9. The topological polar surface area (TPSA) is 93.7 Å². The van der Waals surface area contributed by atoms with E-state index in [1.165, 1.54) is 13.0 Å². The first kappa shape index (κ1) is 25.9. The van der Waals surface area contributed by atoms with Crippen LogP contribution in [0.15, 0.2) is 42.5 Å². The molecule has 0 saturated carbocycles. The predicted molar refractivity (Wildman–Crippen MR) is 130 cm³/mol. The second-order valence-corrected chi connectivity index (χ2v) is 8.81. The van der Waals surface area contributed by atoms with Gasteiger partial charge in [-0.25, -0.2) is 4.79 Å². The molecule has 0 radical (unpaired) electrons. The lowest BCUT2D eigenvalue weighted by Crippen LogP contribution is -2.25. The Balaban J connectivity index is 2.34. The van der Waals surface area contributed by atoms with E-state index in [1.54, 1.807) is 26.8 Å². The number of hydrogen-bond donors (Lipinski definition) is 2. The summed E-state index contributed by atoms with van der Waals surface area (Å²) in [5, 5.41) is 5.53. The number of esters is 1. The van der Waals surface area contributed by atoms with Crippen molar-refractivity contribution in [1.29, 1.82) is 0 Å². The summed E-state index contributed by atoms with van der Waals surface area (Å²) < 4.78 is 11.4. The van der Waals surface area contributed by atoms with Crippen molar-refractivity contribution >= 4 is 29.2 Å². The van der Waals surface area contributed by atoms with Gasteiger partial charge in [0, 0.05) is 19.4 Å². The minimum Gasteiger partial charge on any atom is -0.493 e. The van der Waals surface area contributed by atoms with Crippen molar-refractivity contribution in [3.63, 3.8) is 0 Å². The first-order valence-electron chi connectivity index (χ1n) is 11.2. The number of nitrogens with one attached hydrogen (secondary N) is 2. The fourth-order valence-corrected chi connectivity index (χ4v) is 3.03. The summed E-state index contributed by atoms with van der Waals surface area (Å²) in [5.41, 5.74) is 1.20. The normalized spacial score (nSPS) is 10.9. The van der Waals surface area contributed by atoms with Gasteiger partial charge in [-0.05, 0) is 45.2 Å². The second kappa shape index (κ2) is 12.0. The van der Waals surface area contributed by atoms with E-state index in [2.05, 4.69) is 10.6 Å². The maximum Gasteiger partial charge on any atom is 0.342 e. The van der Waals surface area contributed by atoms with Gasteiger partial charge >= 0.3 is 5.97 Å². The third-order valence-corrected chi connectivity index (χ3v) is 4.56. The summed E-state index contributed by atoms with van der Waals surface area (Å²) >= 11 is 0. The van der Waals surface area contributed by atoms with E-state index in [-0.39, 0.29) is 23.8 Å². The van der Waals surface area contributed by atoms with Gasteiger partial charge in [-0.1, -0.05) is 43.7 Å². The zero-order chi connectivity index (χ0) is 24.4. The third kappa shape index (κ3) is 8.96. The molecule has 2 rings (SSSR count). The van der Waals surface area contributed by atoms with Crippen LogP contribution in [0.1, 0.15) is 69.8 Å². The fourth-order valence-electron chi connectivity index (χ4n) is 3.03. The Bertz CT molecular complexity index is 965. The van der Waals surface area contributed by atoms with Gasteiger partial charge in [0.15, 0.2) is 0 Å². The van der Waals surface area contributed by atoms with E-state index >= 15 is 0 Å². The minimum atomic E-state index is -0.701. The fraction of sp³-hybridized carbons (Fsp3) is 0.423. The Labute approximate surface area is 195 Å². The molecule has 2 aromatic rings. The SMILES string of the molecule is CCCCOc1cc(NC(C)=O)c(NC(=O)CCc2ccccc2)cc1C(=O)OC(C)(C)C. The second-order valence-electron chi connectivity index (χ2n) is 8.81. The highest BCUT2D eigenvalue weighted by Gasteiger charge is 2.24. The summed E-state index contributed by atoms with van der Waals surface area (Å²) in [5.74, 6) is -0.813. The van der Waals surface area contributed by atoms with E-state index in [4.69, 9.17) is 9.47 Å². The molecule has 0 heterocycles. The van der Waals surface area contributed by atoms with E-state index < -0.39 is 11.6 Å². The molecule has 0 fully saturated rings. The number of anilines is 2. The molecule has 178 valence electrons. The number of carbonyl (C=O) groups excluding carboxylic acids is 3. The number of rotatable bonds is 10. The Morgan fingerprint density at radius 1 is 0.970 bits per heavy atom. The van der Waals surface area contributed by atoms with Crippen molar-refractivity contribution in [1.82, 2.24) is 0 Å². The molecule has 0 aliphatic rings. The van der Waals surface area contributed by atoms with Gasteiger partial charge in [0.1, 0.15) is 16.9 Å². The summed E-state index contributed by atoms with van der Waals surface area (Å²) in [6.45, 7) is 9.16. The van der Waals surface area contributed by atoms with Crippen LogP contribution in [-0.2, 0) is 20.7 Å². The molecule has 2 amide bonds. The molecule has 7 nitrogen and oxygen atoms in total. The largest absolute Gasteiger partial charge is 0.493 e. The van der Waals surface area contributed by atoms with Gasteiger partial charge < -0.3 is 20.1 Å². The molecular formula is C26H34N2O5. The lowest BCUT2D eigenvalue weighted by Gasteiger charge is -2.22. The van der Waals surface area contributed by atoms with Gasteiger partial charge in [-0.3, -0.25) is 9.59 Å². The molecule has 7 heteroatoms. The number of hydrogen-bond acceptors (Lipinski definition) is 5. The van der Waals surface area contributed by atoms with Crippen molar-refractivity contribution in [3.05, 3.63) is 53.6 Å². The highest BCUT2D eigenvalue weighted by atomic mass is 16.6. The van der Waals surface area contributed by atoms with Crippen molar-refractivity contribution in [2.75, 3.05) is 17.2 Å². The van der Waals surface area contributed by atoms with Gasteiger partial charge in [0.05, 0.1) is 18.0 Å². The predicted octanol–water partition coefficient (Wildman–Crippen LogP) is 5.35. The van der Waals surface area contributed by atoms with Crippen LogP contribution >= 0.6 is 0 Å². The van der Waals surface area contributed by atoms with Crippen LogP contribution in [-0.4, -0.2) is 30.0 Å². The van der Waals surface area contributed by atoms with Crippen molar-refractivity contribution in [2.24, 2.45) is 0 Å². The first-order valence-corrected chi connectivity index (χ1v) is 11.2. The highest BCUT2D eigenvalue weighted by molar-refractivity contribution is 6.03. The Kier molecular flexibility index (Phi) is 9.45. The van der Waals surface area contributed by atoms with E-state index in [0.717, 1.165) is 18.4 Å². The molecule has 0 atom stereocenters. The van der Waals surface area contributed by atoms with Gasteiger partial charge in [0.25, 0.3) is 0 Å². The number of amides is 2. The molecule has 0 saturated heterocycles. The Hall–Kier alpha value is -3.35. The van der Waals surface area contributed by atoms with Crippen LogP contribution < -0.4 is 15.4 Å². The molecule has 0 spiro atoms. The highest BCUT2D eigenvalue weighted by Crippen LogP contribution is 2.33. The van der Waals surface area contributed by atoms with Crippen LogP contribution in [0.5, 0.6) is 5.75 Å². The van der Waals surface area contributed by atoms with Gasteiger partial charge in [-0.15, -0.1) is 0 Å². The van der Waals surface area contributed by atoms with Gasteiger partial charge in [0.2, 0.25) is 11.8 Å². The molecule has 33 heavy (non-hydrogen) atoms. The lowest BCUT2D eigenvalue weighted by atomic mass is 10.1. The summed E-state index contributed by atoms with van der Waals surface area (Å²) in [6.07, 6.45) is 2.55. The number of unbranched alkanes of at least 4 members (excludes halogenated alkanes) is 1. The maximum atomic E-state index is 12.9. The lowest BCUT2D eigenvalue weighted by molar-refractivity contribution is -0.116. The van der Waals surface area contributed by atoms with Crippen LogP contribution in [0.2, 0.25) is 0 Å². The van der Waals surface area contributed by atoms with Crippen molar-refractivity contribution < 1.29 is 23.9 Å². The first-order chi connectivity index (χ1) is 15.6. The molecule has 0 aliphatic carbocycles. The number of benzene rings is 2. The zero-order valence-electron chi connectivity index (χ0n) is 20.1. The third-order valence-electron chi connectivity index (χ3n) is 4.56. The smallest absolute Gasteiger partial charge is 0.342 e. The molecule has 0 aromatic heterocycles. The average molecular weight is 455 g/mol. The van der Waals surface area contributed by atoms with Crippen LogP contribution in [0.25, 0.3) is 0 Å². The van der Waals surface area contributed by atoms with E-state index in [1.807, 2.05) is 37.3 Å². The number of carbonyl (C=O) groups is 3. The molecular weight excluding hydrogens is 420 g/mol. The van der Waals surface area contributed by atoms with Crippen molar-refractivity contribution in [3.8, 4) is 5.75 Å². The van der Waals surface area contributed by atoms with Crippen LogP contribution in [0.4, 0.5) is 11.4 Å². The number of ether oxygens (including phenoxy) is 2. The summed E-state index contributed by atoms with van der Waals surface area (Å²) in [7, 11) is 0. The average Bonchev–Trinajstić information content (AvgIpc) is 2.73. The zero-order valence-corrected chi connectivity index (χ0v) is 20.1. The monoisotopic (exact) mass is 454 g/mol. The molecule has 0 unspecified atom stereocenters. The van der Waals surface area contributed by atoms with Gasteiger partial charge in [-0.2, -0.15) is 0 Å². The number of aryl methyl sites for hydroxylation is 1. The molecule has 0 bridgehead atoms. The van der Waals surface area contributed by atoms with Crippen LogP contribution in [0, 0.1) is 0 Å².